The average Bonchev–Trinajstić information content (AvgIpc) is 2.74. The molecule has 0 atom stereocenters. The zero-order valence-corrected chi connectivity index (χ0v) is 18.9. The highest BCUT2D eigenvalue weighted by atomic mass is 35.5. The molecule has 0 amide bonds. The van der Waals surface area contributed by atoms with Gasteiger partial charge in [0.25, 0.3) is 0 Å². The first-order valence-electron chi connectivity index (χ1n) is 9.40. The molecule has 0 aromatic heterocycles. The smallest absolute Gasteiger partial charge is 0.180 e. The molecule has 0 aliphatic carbocycles. The molecule has 4 nitrogen and oxygen atoms in total. The lowest BCUT2D eigenvalue weighted by molar-refractivity contribution is 0.269. The van der Waals surface area contributed by atoms with Gasteiger partial charge in [0, 0.05) is 12.2 Å². The summed E-state index contributed by atoms with van der Waals surface area (Å²) in [6, 6.07) is 16.9. The standard InChI is InChI=1S/C23H22Cl3NO3/c1-3-29-22-12-16(13-27-17-5-7-18(28-2)8-6-17)11-21(26)23(22)30-14-15-4-9-19(24)20(25)10-15/h4-12,27H,3,13-14H2,1-2H3. The summed E-state index contributed by atoms with van der Waals surface area (Å²) < 4.78 is 16.9. The van der Waals surface area contributed by atoms with Gasteiger partial charge in [-0.1, -0.05) is 40.9 Å². The Morgan fingerprint density at radius 2 is 1.53 bits per heavy atom. The molecule has 3 aromatic rings. The molecule has 3 aromatic carbocycles. The first kappa shape index (κ1) is 22.4. The van der Waals surface area contributed by atoms with Gasteiger partial charge in [-0.3, -0.25) is 0 Å². The van der Waals surface area contributed by atoms with Gasteiger partial charge in [-0.25, -0.2) is 0 Å². The van der Waals surface area contributed by atoms with Crippen molar-refractivity contribution in [2.75, 3.05) is 19.0 Å². The zero-order valence-electron chi connectivity index (χ0n) is 16.7. The van der Waals surface area contributed by atoms with Crippen LogP contribution in [0.3, 0.4) is 0 Å². The van der Waals surface area contributed by atoms with Crippen LogP contribution in [0, 0.1) is 0 Å². The number of nitrogens with one attached hydrogen (secondary N) is 1. The van der Waals surface area contributed by atoms with Gasteiger partial charge in [0.05, 0.1) is 28.8 Å². The Kier molecular flexibility index (Phi) is 7.97. The molecule has 0 radical (unpaired) electrons. The number of rotatable bonds is 9. The van der Waals surface area contributed by atoms with Crippen LogP contribution in [0.2, 0.25) is 15.1 Å². The molecule has 30 heavy (non-hydrogen) atoms. The quantitative estimate of drug-likeness (QED) is 0.360. The molecule has 0 heterocycles. The summed E-state index contributed by atoms with van der Waals surface area (Å²) in [5.74, 6) is 1.90. The summed E-state index contributed by atoms with van der Waals surface area (Å²) in [5, 5.41) is 4.82. The predicted octanol–water partition coefficient (Wildman–Crippen LogP) is 7.25. The van der Waals surface area contributed by atoms with Crippen LogP contribution in [-0.2, 0) is 13.2 Å². The van der Waals surface area contributed by atoms with E-state index < -0.39 is 0 Å². The van der Waals surface area contributed by atoms with Crippen LogP contribution >= 0.6 is 34.8 Å². The van der Waals surface area contributed by atoms with E-state index >= 15 is 0 Å². The minimum absolute atomic E-state index is 0.292. The van der Waals surface area contributed by atoms with Crippen LogP contribution in [0.15, 0.2) is 54.6 Å². The SMILES string of the molecule is CCOc1cc(CNc2ccc(OC)cc2)cc(Cl)c1OCc1ccc(Cl)c(Cl)c1. The van der Waals surface area contributed by atoms with E-state index in [0.717, 1.165) is 22.6 Å². The van der Waals surface area contributed by atoms with Gasteiger partial charge in [0.1, 0.15) is 12.4 Å². The Balaban J connectivity index is 1.72. The summed E-state index contributed by atoms with van der Waals surface area (Å²) in [4.78, 5) is 0. The van der Waals surface area contributed by atoms with E-state index in [1.165, 1.54) is 0 Å². The summed E-state index contributed by atoms with van der Waals surface area (Å²) >= 11 is 18.6. The van der Waals surface area contributed by atoms with Crippen LogP contribution in [0.1, 0.15) is 18.1 Å². The molecule has 0 fully saturated rings. The van der Waals surface area contributed by atoms with Crippen LogP contribution < -0.4 is 19.5 Å². The van der Waals surface area contributed by atoms with Gasteiger partial charge < -0.3 is 19.5 Å². The van der Waals surface area contributed by atoms with Gasteiger partial charge in [0.15, 0.2) is 11.5 Å². The van der Waals surface area contributed by atoms with Crippen molar-refractivity contribution in [2.24, 2.45) is 0 Å². The monoisotopic (exact) mass is 465 g/mol. The van der Waals surface area contributed by atoms with Crippen molar-refractivity contribution in [3.05, 3.63) is 80.8 Å². The highest BCUT2D eigenvalue weighted by Crippen LogP contribution is 2.37. The second kappa shape index (κ2) is 10.7. The van der Waals surface area contributed by atoms with Crippen LogP contribution in [-0.4, -0.2) is 13.7 Å². The highest BCUT2D eigenvalue weighted by molar-refractivity contribution is 6.42. The van der Waals surface area contributed by atoms with Gasteiger partial charge in [-0.15, -0.1) is 0 Å². The lowest BCUT2D eigenvalue weighted by atomic mass is 10.2. The van der Waals surface area contributed by atoms with Crippen molar-refractivity contribution >= 4 is 40.5 Å². The van der Waals surface area contributed by atoms with E-state index in [9.17, 15) is 0 Å². The van der Waals surface area contributed by atoms with E-state index in [0.29, 0.717) is 46.3 Å². The number of anilines is 1. The fourth-order valence-electron chi connectivity index (χ4n) is 2.82. The van der Waals surface area contributed by atoms with E-state index in [4.69, 9.17) is 49.0 Å². The summed E-state index contributed by atoms with van der Waals surface area (Å²) in [5.41, 5.74) is 2.83. The highest BCUT2D eigenvalue weighted by Gasteiger charge is 2.13. The molecule has 0 unspecified atom stereocenters. The Morgan fingerprint density at radius 3 is 2.20 bits per heavy atom. The lowest BCUT2D eigenvalue weighted by Crippen LogP contribution is -2.04. The Hall–Kier alpha value is -2.27. The third kappa shape index (κ3) is 5.88. The maximum atomic E-state index is 6.52. The van der Waals surface area contributed by atoms with Gasteiger partial charge in [0.2, 0.25) is 0 Å². The minimum atomic E-state index is 0.292. The predicted molar refractivity (Wildman–Crippen MR) is 124 cm³/mol. The molecular formula is C23H22Cl3NO3. The lowest BCUT2D eigenvalue weighted by Gasteiger charge is -2.16. The fourth-order valence-corrected chi connectivity index (χ4v) is 3.43. The fraction of sp³-hybridized carbons (Fsp3) is 0.217. The van der Waals surface area contributed by atoms with Crippen LogP contribution in [0.25, 0.3) is 0 Å². The topological polar surface area (TPSA) is 39.7 Å². The third-order valence-corrected chi connectivity index (χ3v) is 5.34. The maximum Gasteiger partial charge on any atom is 0.180 e. The van der Waals surface area contributed by atoms with E-state index in [1.807, 2.05) is 49.4 Å². The number of hydrogen-bond acceptors (Lipinski definition) is 4. The summed E-state index contributed by atoms with van der Waals surface area (Å²) in [7, 11) is 1.64. The molecule has 0 bridgehead atoms. The number of halogens is 3. The average molecular weight is 467 g/mol. The van der Waals surface area contributed by atoms with Gasteiger partial charge in [-0.05, 0) is 66.6 Å². The van der Waals surface area contributed by atoms with E-state index in [1.54, 1.807) is 19.2 Å². The number of methoxy groups -OCH3 is 1. The minimum Gasteiger partial charge on any atom is -0.497 e. The van der Waals surface area contributed by atoms with Crippen molar-refractivity contribution in [1.29, 1.82) is 0 Å². The molecule has 158 valence electrons. The molecule has 7 heteroatoms. The molecule has 0 aliphatic heterocycles. The van der Waals surface area contributed by atoms with Crippen molar-refractivity contribution in [3.63, 3.8) is 0 Å². The number of benzene rings is 3. The second-order valence-electron chi connectivity index (χ2n) is 6.46. The van der Waals surface area contributed by atoms with Gasteiger partial charge in [-0.2, -0.15) is 0 Å². The summed E-state index contributed by atoms with van der Waals surface area (Å²) in [6.07, 6.45) is 0. The molecule has 3 rings (SSSR count). The Labute approximate surface area is 191 Å². The van der Waals surface area contributed by atoms with E-state index in [2.05, 4.69) is 5.32 Å². The van der Waals surface area contributed by atoms with E-state index in [-0.39, 0.29) is 0 Å². The van der Waals surface area contributed by atoms with Crippen molar-refractivity contribution < 1.29 is 14.2 Å². The summed E-state index contributed by atoms with van der Waals surface area (Å²) in [6.45, 7) is 3.28. The first-order valence-corrected chi connectivity index (χ1v) is 10.5. The molecule has 0 saturated carbocycles. The molecule has 0 spiro atoms. The largest absolute Gasteiger partial charge is 0.497 e. The first-order chi connectivity index (χ1) is 14.5. The maximum absolute atomic E-state index is 6.52. The third-order valence-electron chi connectivity index (χ3n) is 4.32. The number of ether oxygens (including phenoxy) is 3. The van der Waals surface area contributed by atoms with Gasteiger partial charge >= 0.3 is 0 Å². The Morgan fingerprint density at radius 1 is 0.800 bits per heavy atom. The van der Waals surface area contributed by atoms with Crippen molar-refractivity contribution in [3.8, 4) is 17.2 Å². The Bertz CT molecular complexity index is 994. The normalized spacial score (nSPS) is 10.6. The molecule has 0 aliphatic rings. The van der Waals surface area contributed by atoms with Crippen LogP contribution in [0.4, 0.5) is 5.69 Å². The van der Waals surface area contributed by atoms with Crippen molar-refractivity contribution in [1.82, 2.24) is 0 Å². The zero-order chi connectivity index (χ0) is 21.5. The number of hydrogen-bond donors (Lipinski definition) is 1. The van der Waals surface area contributed by atoms with Crippen molar-refractivity contribution in [2.45, 2.75) is 20.1 Å². The molecular weight excluding hydrogens is 445 g/mol. The van der Waals surface area contributed by atoms with Crippen LogP contribution in [0.5, 0.6) is 17.2 Å². The molecule has 0 saturated heterocycles. The molecule has 1 N–H and O–H groups in total. The second-order valence-corrected chi connectivity index (χ2v) is 7.68.